The van der Waals surface area contributed by atoms with Gasteiger partial charge in [0, 0.05) is 13.5 Å². The fourth-order valence-corrected chi connectivity index (χ4v) is 1.77. The van der Waals surface area contributed by atoms with E-state index in [2.05, 4.69) is 15.5 Å². The SMILES string of the molecule is Cc1nc(CNCC(C)C(=O)OCc2ccccc2)no1. The Kier molecular flexibility index (Phi) is 5.45. The first-order valence-electron chi connectivity index (χ1n) is 6.85. The van der Waals surface area contributed by atoms with Crippen molar-refractivity contribution in [3.05, 3.63) is 47.6 Å². The Labute approximate surface area is 123 Å². The average Bonchev–Trinajstić information content (AvgIpc) is 2.91. The third-order valence-corrected chi connectivity index (χ3v) is 2.93. The number of aromatic nitrogens is 2. The maximum absolute atomic E-state index is 11.9. The van der Waals surface area contributed by atoms with Crippen LogP contribution in [0.1, 0.15) is 24.2 Å². The zero-order valence-corrected chi connectivity index (χ0v) is 12.2. The molecule has 21 heavy (non-hydrogen) atoms. The van der Waals surface area contributed by atoms with E-state index in [1.807, 2.05) is 37.3 Å². The van der Waals surface area contributed by atoms with Gasteiger partial charge in [0.1, 0.15) is 6.61 Å². The zero-order valence-electron chi connectivity index (χ0n) is 12.2. The summed E-state index contributed by atoms with van der Waals surface area (Å²) in [4.78, 5) is 15.9. The van der Waals surface area contributed by atoms with Crippen molar-refractivity contribution in [3.8, 4) is 0 Å². The average molecular weight is 289 g/mol. The molecule has 112 valence electrons. The molecule has 0 radical (unpaired) electrons. The van der Waals surface area contributed by atoms with Gasteiger partial charge >= 0.3 is 5.97 Å². The number of carbonyl (C=O) groups is 1. The summed E-state index contributed by atoms with van der Waals surface area (Å²) in [5.74, 6) is 0.650. The van der Waals surface area contributed by atoms with Crippen LogP contribution in [0.3, 0.4) is 0 Å². The third kappa shape index (κ3) is 5.00. The van der Waals surface area contributed by atoms with E-state index in [0.29, 0.717) is 31.4 Å². The number of esters is 1. The molecule has 1 atom stereocenters. The van der Waals surface area contributed by atoms with E-state index in [4.69, 9.17) is 9.26 Å². The highest BCUT2D eigenvalue weighted by molar-refractivity contribution is 5.72. The Hall–Kier alpha value is -2.21. The van der Waals surface area contributed by atoms with E-state index in [9.17, 15) is 4.79 Å². The lowest BCUT2D eigenvalue weighted by molar-refractivity contribution is -0.149. The topological polar surface area (TPSA) is 77.2 Å². The molecule has 1 aromatic heterocycles. The Balaban J connectivity index is 1.67. The second-order valence-corrected chi connectivity index (χ2v) is 4.85. The quantitative estimate of drug-likeness (QED) is 0.784. The minimum absolute atomic E-state index is 0.226. The van der Waals surface area contributed by atoms with E-state index in [1.54, 1.807) is 6.92 Å². The Morgan fingerprint density at radius 3 is 2.81 bits per heavy atom. The van der Waals surface area contributed by atoms with Gasteiger partial charge in [0.2, 0.25) is 5.89 Å². The zero-order chi connectivity index (χ0) is 15.1. The fraction of sp³-hybridized carbons (Fsp3) is 0.400. The van der Waals surface area contributed by atoms with Gasteiger partial charge in [-0.3, -0.25) is 4.79 Å². The van der Waals surface area contributed by atoms with Crippen LogP contribution in [-0.4, -0.2) is 22.7 Å². The molecular formula is C15H19N3O3. The Bertz CT molecular complexity index is 569. The normalized spacial score (nSPS) is 12.1. The van der Waals surface area contributed by atoms with Crippen LogP contribution in [0.25, 0.3) is 0 Å². The van der Waals surface area contributed by atoms with Crippen LogP contribution in [0, 0.1) is 12.8 Å². The van der Waals surface area contributed by atoms with Gasteiger partial charge in [-0.2, -0.15) is 4.98 Å². The summed E-state index contributed by atoms with van der Waals surface area (Å²) in [6, 6.07) is 9.61. The molecule has 6 nitrogen and oxygen atoms in total. The molecule has 1 aromatic carbocycles. The molecule has 0 aliphatic heterocycles. The number of nitrogens with one attached hydrogen (secondary N) is 1. The molecule has 1 unspecified atom stereocenters. The van der Waals surface area contributed by atoms with Gasteiger partial charge in [0.15, 0.2) is 5.82 Å². The Morgan fingerprint density at radius 1 is 1.38 bits per heavy atom. The highest BCUT2D eigenvalue weighted by atomic mass is 16.5. The summed E-state index contributed by atoms with van der Waals surface area (Å²) >= 11 is 0. The van der Waals surface area contributed by atoms with Gasteiger partial charge in [-0.15, -0.1) is 0 Å². The monoisotopic (exact) mass is 289 g/mol. The van der Waals surface area contributed by atoms with Gasteiger partial charge in [-0.05, 0) is 5.56 Å². The first-order chi connectivity index (χ1) is 10.1. The lowest BCUT2D eigenvalue weighted by atomic mass is 10.2. The molecular weight excluding hydrogens is 270 g/mol. The number of ether oxygens (including phenoxy) is 1. The van der Waals surface area contributed by atoms with Crippen molar-refractivity contribution < 1.29 is 14.1 Å². The van der Waals surface area contributed by atoms with Gasteiger partial charge in [0.25, 0.3) is 0 Å². The highest BCUT2D eigenvalue weighted by Gasteiger charge is 2.14. The fourth-order valence-electron chi connectivity index (χ4n) is 1.77. The number of hydrogen-bond donors (Lipinski definition) is 1. The number of hydrogen-bond acceptors (Lipinski definition) is 6. The molecule has 0 saturated carbocycles. The van der Waals surface area contributed by atoms with E-state index >= 15 is 0 Å². The third-order valence-electron chi connectivity index (χ3n) is 2.93. The van der Waals surface area contributed by atoms with Crippen molar-refractivity contribution in [2.45, 2.75) is 27.0 Å². The smallest absolute Gasteiger partial charge is 0.310 e. The maximum atomic E-state index is 11.9. The van der Waals surface area contributed by atoms with Gasteiger partial charge < -0.3 is 14.6 Å². The van der Waals surface area contributed by atoms with Crippen LogP contribution in [-0.2, 0) is 22.7 Å². The number of benzene rings is 1. The number of nitrogens with zero attached hydrogens (tertiary/aromatic N) is 2. The van der Waals surface area contributed by atoms with Crippen molar-refractivity contribution >= 4 is 5.97 Å². The van der Waals surface area contributed by atoms with Crippen LogP contribution in [0.15, 0.2) is 34.9 Å². The van der Waals surface area contributed by atoms with Crippen molar-refractivity contribution in [3.63, 3.8) is 0 Å². The molecule has 2 rings (SSSR count). The molecule has 0 saturated heterocycles. The number of carbonyl (C=O) groups excluding carboxylic acids is 1. The highest BCUT2D eigenvalue weighted by Crippen LogP contribution is 2.04. The Morgan fingerprint density at radius 2 is 2.14 bits per heavy atom. The van der Waals surface area contributed by atoms with Crippen LogP contribution in [0.4, 0.5) is 0 Å². The lowest BCUT2D eigenvalue weighted by Gasteiger charge is -2.11. The van der Waals surface area contributed by atoms with Gasteiger partial charge in [-0.25, -0.2) is 0 Å². The largest absolute Gasteiger partial charge is 0.461 e. The minimum atomic E-state index is -0.235. The van der Waals surface area contributed by atoms with Gasteiger partial charge in [-0.1, -0.05) is 42.4 Å². The summed E-state index contributed by atoms with van der Waals surface area (Å²) in [5, 5.41) is 6.88. The predicted octanol–water partition coefficient (Wildman–Crippen LogP) is 1.85. The molecule has 0 aliphatic carbocycles. The predicted molar refractivity (Wildman–Crippen MR) is 76.1 cm³/mol. The van der Waals surface area contributed by atoms with Crippen LogP contribution < -0.4 is 5.32 Å². The van der Waals surface area contributed by atoms with Gasteiger partial charge in [0.05, 0.1) is 12.5 Å². The van der Waals surface area contributed by atoms with Crippen LogP contribution in [0.5, 0.6) is 0 Å². The minimum Gasteiger partial charge on any atom is -0.461 e. The molecule has 0 aliphatic rings. The lowest BCUT2D eigenvalue weighted by Crippen LogP contribution is -2.27. The first kappa shape index (κ1) is 15.2. The van der Waals surface area contributed by atoms with Crippen molar-refractivity contribution in [2.24, 2.45) is 5.92 Å². The van der Waals surface area contributed by atoms with E-state index in [0.717, 1.165) is 5.56 Å². The van der Waals surface area contributed by atoms with E-state index in [-0.39, 0.29) is 11.9 Å². The summed E-state index contributed by atoms with van der Waals surface area (Å²) in [6.45, 7) is 4.82. The van der Waals surface area contributed by atoms with E-state index in [1.165, 1.54) is 0 Å². The molecule has 0 spiro atoms. The summed E-state index contributed by atoms with van der Waals surface area (Å²) < 4.78 is 10.1. The molecule has 2 aromatic rings. The molecule has 1 N–H and O–H groups in total. The first-order valence-corrected chi connectivity index (χ1v) is 6.85. The molecule has 0 amide bonds. The second-order valence-electron chi connectivity index (χ2n) is 4.85. The standard InChI is InChI=1S/C15H19N3O3/c1-11(8-16-9-14-17-12(2)21-18-14)15(19)20-10-13-6-4-3-5-7-13/h3-7,11,16H,8-10H2,1-2H3. The van der Waals surface area contributed by atoms with E-state index < -0.39 is 0 Å². The van der Waals surface area contributed by atoms with Crippen LogP contribution in [0.2, 0.25) is 0 Å². The molecule has 1 heterocycles. The summed E-state index contributed by atoms with van der Waals surface area (Å²) in [7, 11) is 0. The number of rotatable bonds is 7. The van der Waals surface area contributed by atoms with Crippen molar-refractivity contribution in [1.29, 1.82) is 0 Å². The maximum Gasteiger partial charge on any atom is 0.310 e. The molecule has 6 heteroatoms. The van der Waals surface area contributed by atoms with Crippen molar-refractivity contribution in [2.75, 3.05) is 6.54 Å². The summed E-state index contributed by atoms with van der Waals surface area (Å²) in [5.41, 5.74) is 0.980. The van der Waals surface area contributed by atoms with Crippen LogP contribution >= 0.6 is 0 Å². The summed E-state index contributed by atoms with van der Waals surface area (Å²) in [6.07, 6.45) is 0. The van der Waals surface area contributed by atoms with Crippen molar-refractivity contribution in [1.82, 2.24) is 15.5 Å². The molecule has 0 fully saturated rings. The number of aryl methyl sites for hydroxylation is 1. The second kappa shape index (κ2) is 7.54. The molecule has 0 bridgehead atoms.